The second kappa shape index (κ2) is 7.77. The van der Waals surface area contributed by atoms with Gasteiger partial charge >= 0.3 is 0 Å². The zero-order valence-electron chi connectivity index (χ0n) is 13.3. The first-order valence-electron chi connectivity index (χ1n) is 8.14. The maximum atomic E-state index is 13.7. The molecule has 1 amide bonds. The molecule has 0 aliphatic carbocycles. The summed E-state index contributed by atoms with van der Waals surface area (Å²) in [6, 6.07) is 14.0. The third kappa shape index (κ3) is 4.34. The highest BCUT2D eigenvalue weighted by Gasteiger charge is 2.26. The van der Waals surface area contributed by atoms with Crippen molar-refractivity contribution >= 4 is 23.2 Å². The molecule has 0 radical (unpaired) electrons. The van der Waals surface area contributed by atoms with E-state index in [-0.39, 0.29) is 17.5 Å². The molecule has 1 unspecified atom stereocenters. The Balaban J connectivity index is 1.60. The van der Waals surface area contributed by atoms with Gasteiger partial charge in [0, 0.05) is 18.1 Å². The first kappa shape index (κ1) is 16.9. The molecule has 5 heteroatoms. The Hall–Kier alpha value is -1.91. The number of nitrogens with one attached hydrogen (secondary N) is 1. The smallest absolute Gasteiger partial charge is 0.228 e. The predicted molar refractivity (Wildman–Crippen MR) is 94.5 cm³/mol. The second-order valence-corrected chi connectivity index (χ2v) is 6.61. The number of anilines is 1. The molecule has 2 aromatic rings. The molecule has 0 aromatic heterocycles. The minimum absolute atomic E-state index is 0.115. The third-order valence-corrected chi connectivity index (χ3v) is 4.54. The lowest BCUT2D eigenvalue weighted by Gasteiger charge is -2.32. The highest BCUT2D eigenvalue weighted by atomic mass is 35.5. The summed E-state index contributed by atoms with van der Waals surface area (Å²) in [5.41, 5.74) is 1.38. The summed E-state index contributed by atoms with van der Waals surface area (Å²) >= 11 is 6.03. The molecule has 1 saturated heterocycles. The standard InChI is InChI=1S/C19H20ClFN2O/c20-16-7-3-5-14(11-16)12-23-10-4-6-15(13-23)19(24)22-18-9-2-1-8-17(18)21/h1-3,5,7-9,11,15H,4,6,10,12-13H2,(H,22,24). The molecule has 2 aromatic carbocycles. The Bertz CT molecular complexity index is 722. The number of amides is 1. The highest BCUT2D eigenvalue weighted by Crippen LogP contribution is 2.22. The maximum Gasteiger partial charge on any atom is 0.228 e. The van der Waals surface area contributed by atoms with E-state index >= 15 is 0 Å². The summed E-state index contributed by atoms with van der Waals surface area (Å²) in [6.07, 6.45) is 1.78. The van der Waals surface area contributed by atoms with Gasteiger partial charge in [0.25, 0.3) is 0 Å². The molecule has 1 aliphatic rings. The molecule has 3 nitrogen and oxygen atoms in total. The van der Waals surface area contributed by atoms with Crippen LogP contribution >= 0.6 is 11.6 Å². The molecular weight excluding hydrogens is 327 g/mol. The number of rotatable bonds is 4. The summed E-state index contributed by atoms with van der Waals surface area (Å²) in [4.78, 5) is 14.7. The predicted octanol–water partition coefficient (Wildman–Crippen LogP) is 4.33. The number of para-hydroxylation sites is 1. The van der Waals surface area contributed by atoms with Crippen LogP contribution in [0.3, 0.4) is 0 Å². The summed E-state index contributed by atoms with van der Waals surface area (Å²) in [5, 5.41) is 3.43. The van der Waals surface area contributed by atoms with E-state index in [1.165, 1.54) is 6.07 Å². The number of piperidine rings is 1. The maximum absolute atomic E-state index is 13.7. The lowest BCUT2D eigenvalue weighted by atomic mass is 9.96. The first-order chi connectivity index (χ1) is 11.6. The van der Waals surface area contributed by atoms with Crippen LogP contribution in [0.5, 0.6) is 0 Å². The van der Waals surface area contributed by atoms with Gasteiger partial charge in [0.05, 0.1) is 11.6 Å². The van der Waals surface area contributed by atoms with Crippen LogP contribution in [-0.2, 0) is 11.3 Å². The van der Waals surface area contributed by atoms with Crippen LogP contribution in [0.25, 0.3) is 0 Å². The summed E-state index contributed by atoms with van der Waals surface area (Å²) in [7, 11) is 0. The average Bonchev–Trinajstić information content (AvgIpc) is 2.57. The van der Waals surface area contributed by atoms with Crippen LogP contribution in [0.15, 0.2) is 48.5 Å². The van der Waals surface area contributed by atoms with E-state index in [4.69, 9.17) is 11.6 Å². The SMILES string of the molecule is O=C(Nc1ccccc1F)C1CCCN(Cc2cccc(Cl)c2)C1. The van der Waals surface area contributed by atoms with Gasteiger partial charge in [0.1, 0.15) is 5.82 Å². The Morgan fingerprint density at radius 1 is 1.25 bits per heavy atom. The minimum atomic E-state index is -0.405. The highest BCUT2D eigenvalue weighted by molar-refractivity contribution is 6.30. The zero-order valence-corrected chi connectivity index (χ0v) is 14.1. The minimum Gasteiger partial charge on any atom is -0.323 e. The average molecular weight is 347 g/mol. The fourth-order valence-corrected chi connectivity index (χ4v) is 3.32. The van der Waals surface area contributed by atoms with Crippen molar-refractivity contribution in [3.05, 3.63) is 64.9 Å². The van der Waals surface area contributed by atoms with E-state index in [1.54, 1.807) is 18.2 Å². The van der Waals surface area contributed by atoms with Gasteiger partial charge in [-0.1, -0.05) is 35.9 Å². The number of hydrogen-bond donors (Lipinski definition) is 1. The van der Waals surface area contributed by atoms with Gasteiger partial charge in [-0.2, -0.15) is 0 Å². The fraction of sp³-hybridized carbons (Fsp3) is 0.316. The van der Waals surface area contributed by atoms with E-state index in [9.17, 15) is 9.18 Å². The summed E-state index contributed by atoms with van der Waals surface area (Å²) < 4.78 is 13.7. The van der Waals surface area contributed by atoms with Crippen molar-refractivity contribution in [1.82, 2.24) is 4.90 Å². The van der Waals surface area contributed by atoms with Crippen LogP contribution in [0.4, 0.5) is 10.1 Å². The van der Waals surface area contributed by atoms with Gasteiger partial charge in [0.15, 0.2) is 0 Å². The van der Waals surface area contributed by atoms with Gasteiger partial charge < -0.3 is 5.32 Å². The van der Waals surface area contributed by atoms with Crippen molar-refractivity contribution in [2.24, 2.45) is 5.92 Å². The largest absolute Gasteiger partial charge is 0.323 e. The normalized spacial score (nSPS) is 18.3. The molecule has 126 valence electrons. The number of hydrogen-bond acceptors (Lipinski definition) is 2. The van der Waals surface area contributed by atoms with Gasteiger partial charge in [-0.05, 0) is 49.2 Å². The molecule has 1 N–H and O–H groups in total. The molecule has 24 heavy (non-hydrogen) atoms. The topological polar surface area (TPSA) is 32.3 Å². The molecule has 0 saturated carbocycles. The quantitative estimate of drug-likeness (QED) is 0.893. The Labute approximate surface area is 146 Å². The molecule has 1 fully saturated rings. The van der Waals surface area contributed by atoms with E-state index in [0.29, 0.717) is 6.54 Å². The molecule has 3 rings (SSSR count). The molecule has 1 heterocycles. The number of nitrogens with zero attached hydrogens (tertiary/aromatic N) is 1. The van der Waals surface area contributed by atoms with Crippen molar-refractivity contribution in [2.75, 3.05) is 18.4 Å². The third-order valence-electron chi connectivity index (χ3n) is 4.30. The molecule has 1 atom stereocenters. The summed E-state index contributed by atoms with van der Waals surface area (Å²) in [6.45, 7) is 2.40. The Morgan fingerprint density at radius 3 is 2.88 bits per heavy atom. The van der Waals surface area contributed by atoms with Crippen molar-refractivity contribution in [3.8, 4) is 0 Å². The number of carbonyl (C=O) groups is 1. The number of halogens is 2. The molecule has 0 spiro atoms. The van der Waals surface area contributed by atoms with E-state index < -0.39 is 5.82 Å². The van der Waals surface area contributed by atoms with Crippen molar-refractivity contribution in [3.63, 3.8) is 0 Å². The van der Waals surface area contributed by atoms with Gasteiger partial charge in [-0.25, -0.2) is 4.39 Å². The second-order valence-electron chi connectivity index (χ2n) is 6.17. The monoisotopic (exact) mass is 346 g/mol. The van der Waals surface area contributed by atoms with Crippen molar-refractivity contribution < 1.29 is 9.18 Å². The van der Waals surface area contributed by atoms with Crippen LogP contribution in [-0.4, -0.2) is 23.9 Å². The number of benzene rings is 2. The van der Waals surface area contributed by atoms with Crippen LogP contribution in [0, 0.1) is 11.7 Å². The fourth-order valence-electron chi connectivity index (χ4n) is 3.10. The first-order valence-corrected chi connectivity index (χ1v) is 8.52. The van der Waals surface area contributed by atoms with E-state index in [1.807, 2.05) is 24.3 Å². The lowest BCUT2D eigenvalue weighted by Crippen LogP contribution is -2.40. The van der Waals surface area contributed by atoms with Crippen molar-refractivity contribution in [1.29, 1.82) is 0 Å². The number of carbonyl (C=O) groups excluding carboxylic acids is 1. The van der Waals surface area contributed by atoms with E-state index in [0.717, 1.165) is 36.5 Å². The summed E-state index contributed by atoms with van der Waals surface area (Å²) in [5.74, 6) is -0.647. The zero-order chi connectivity index (χ0) is 16.9. The van der Waals surface area contributed by atoms with Gasteiger partial charge in [-0.15, -0.1) is 0 Å². The Morgan fingerprint density at radius 2 is 2.08 bits per heavy atom. The molecule has 1 aliphatic heterocycles. The van der Waals surface area contributed by atoms with Crippen LogP contribution in [0.2, 0.25) is 5.02 Å². The number of likely N-dealkylation sites (tertiary alicyclic amines) is 1. The molecule has 0 bridgehead atoms. The van der Waals surface area contributed by atoms with Gasteiger partial charge in [-0.3, -0.25) is 9.69 Å². The van der Waals surface area contributed by atoms with Crippen molar-refractivity contribution in [2.45, 2.75) is 19.4 Å². The van der Waals surface area contributed by atoms with Crippen LogP contribution in [0.1, 0.15) is 18.4 Å². The molecular formula is C19H20ClFN2O. The lowest BCUT2D eigenvalue weighted by molar-refractivity contribution is -0.121. The van der Waals surface area contributed by atoms with Gasteiger partial charge in [0.2, 0.25) is 5.91 Å². The Kier molecular flexibility index (Phi) is 5.48. The van der Waals surface area contributed by atoms with E-state index in [2.05, 4.69) is 10.2 Å². The van der Waals surface area contributed by atoms with Crippen LogP contribution < -0.4 is 5.32 Å².